The Bertz CT molecular complexity index is 236. The fourth-order valence-corrected chi connectivity index (χ4v) is 2.13. The Balaban J connectivity index is 0.000000437. The minimum absolute atomic E-state index is 0.245. The second-order valence-corrected chi connectivity index (χ2v) is 4.78. The van der Waals surface area contributed by atoms with Crippen LogP contribution in [0.5, 0.6) is 0 Å². The van der Waals surface area contributed by atoms with Gasteiger partial charge >= 0.3 is 5.97 Å². The van der Waals surface area contributed by atoms with E-state index >= 15 is 0 Å². The second-order valence-electron chi connectivity index (χ2n) is 4.78. The van der Waals surface area contributed by atoms with Gasteiger partial charge < -0.3 is 4.74 Å². The lowest BCUT2D eigenvalue weighted by molar-refractivity contribution is -0.137. The summed E-state index contributed by atoms with van der Waals surface area (Å²) >= 11 is 0. The first kappa shape index (κ1) is 16.1. The van der Waals surface area contributed by atoms with Crippen molar-refractivity contribution in [1.82, 2.24) is 0 Å². The lowest BCUT2D eigenvalue weighted by Gasteiger charge is -2.12. The molecule has 0 amide bonds. The number of methoxy groups -OCH3 is 1. The number of carbonyl (C=O) groups excluding carboxylic acids is 2. The Morgan fingerprint density at radius 3 is 2.35 bits per heavy atom. The molecule has 1 rings (SSSR count). The van der Waals surface area contributed by atoms with Gasteiger partial charge in [-0.3, -0.25) is 9.59 Å². The van der Waals surface area contributed by atoms with Gasteiger partial charge in [0, 0.05) is 19.3 Å². The van der Waals surface area contributed by atoms with Crippen LogP contribution in [0.4, 0.5) is 0 Å². The highest BCUT2D eigenvalue weighted by molar-refractivity contribution is 5.83. The molecule has 2 atom stereocenters. The van der Waals surface area contributed by atoms with Crippen LogP contribution in [0, 0.1) is 11.8 Å². The fourth-order valence-electron chi connectivity index (χ4n) is 2.13. The molecule has 0 N–H and O–H groups in total. The van der Waals surface area contributed by atoms with E-state index in [9.17, 15) is 9.59 Å². The van der Waals surface area contributed by atoms with Crippen LogP contribution in [0.1, 0.15) is 59.3 Å². The first-order chi connectivity index (χ1) is 8.02. The first-order valence-corrected chi connectivity index (χ1v) is 6.60. The molecular weight excluding hydrogens is 216 g/mol. The van der Waals surface area contributed by atoms with Crippen molar-refractivity contribution in [1.29, 1.82) is 0 Å². The summed E-state index contributed by atoms with van der Waals surface area (Å²) in [5.41, 5.74) is 0. The monoisotopic (exact) mass is 242 g/mol. The molecule has 100 valence electrons. The molecular formula is C14H26O3. The zero-order valence-electron chi connectivity index (χ0n) is 11.6. The Kier molecular flexibility index (Phi) is 8.73. The van der Waals surface area contributed by atoms with Gasteiger partial charge in [-0.15, -0.1) is 0 Å². The topological polar surface area (TPSA) is 43.4 Å². The number of unbranched alkanes of at least 4 members (excludes halogenated alkanes) is 2. The van der Waals surface area contributed by atoms with E-state index in [0.29, 0.717) is 17.6 Å². The van der Waals surface area contributed by atoms with Gasteiger partial charge in [0.05, 0.1) is 7.11 Å². The van der Waals surface area contributed by atoms with Gasteiger partial charge in [0.15, 0.2) is 0 Å². The third-order valence-corrected chi connectivity index (χ3v) is 3.35. The summed E-state index contributed by atoms with van der Waals surface area (Å²) in [4.78, 5) is 21.0. The number of hydrogen-bond donors (Lipinski definition) is 0. The number of hydrogen-bond acceptors (Lipinski definition) is 3. The Hall–Kier alpha value is -0.860. The SMILES string of the molecule is CCCCCC1C(=O)CCC1C.COC(C)=O. The molecule has 0 spiro atoms. The molecule has 0 heterocycles. The zero-order chi connectivity index (χ0) is 13.3. The van der Waals surface area contributed by atoms with Crippen LogP contribution >= 0.6 is 0 Å². The van der Waals surface area contributed by atoms with E-state index in [2.05, 4.69) is 18.6 Å². The van der Waals surface area contributed by atoms with Crippen LogP contribution in [0.15, 0.2) is 0 Å². The molecule has 0 aliphatic heterocycles. The van der Waals surface area contributed by atoms with Crippen molar-refractivity contribution in [2.75, 3.05) is 7.11 Å². The van der Waals surface area contributed by atoms with Gasteiger partial charge in [-0.1, -0.05) is 33.1 Å². The van der Waals surface area contributed by atoms with Gasteiger partial charge in [0.2, 0.25) is 0 Å². The average molecular weight is 242 g/mol. The Labute approximate surface area is 105 Å². The summed E-state index contributed by atoms with van der Waals surface area (Å²) in [6.45, 7) is 5.79. The van der Waals surface area contributed by atoms with E-state index in [4.69, 9.17) is 0 Å². The van der Waals surface area contributed by atoms with E-state index in [1.165, 1.54) is 33.3 Å². The predicted octanol–water partition coefficient (Wildman–Crippen LogP) is 3.36. The van der Waals surface area contributed by atoms with Crippen molar-refractivity contribution in [3.63, 3.8) is 0 Å². The first-order valence-electron chi connectivity index (χ1n) is 6.60. The molecule has 0 aromatic carbocycles. The van der Waals surface area contributed by atoms with Crippen LogP contribution in [-0.4, -0.2) is 18.9 Å². The summed E-state index contributed by atoms with van der Waals surface area (Å²) < 4.78 is 4.11. The molecule has 1 saturated carbocycles. The van der Waals surface area contributed by atoms with E-state index in [0.717, 1.165) is 19.3 Å². The van der Waals surface area contributed by atoms with Gasteiger partial charge in [0.1, 0.15) is 5.78 Å². The van der Waals surface area contributed by atoms with Crippen molar-refractivity contribution in [2.45, 2.75) is 59.3 Å². The lowest BCUT2D eigenvalue weighted by atomic mass is 9.92. The second kappa shape index (κ2) is 9.20. The van der Waals surface area contributed by atoms with Crippen molar-refractivity contribution >= 4 is 11.8 Å². The highest BCUT2D eigenvalue weighted by Gasteiger charge is 2.30. The molecule has 3 heteroatoms. The standard InChI is InChI=1S/C11H20O.C3H6O2/c1-3-4-5-6-10-9(2)7-8-11(10)12;1-3(4)5-2/h9-10H,3-8H2,1-2H3;1-2H3. The molecule has 0 bridgehead atoms. The van der Waals surface area contributed by atoms with E-state index in [1.54, 1.807) is 0 Å². The molecule has 2 unspecified atom stereocenters. The minimum Gasteiger partial charge on any atom is -0.469 e. The molecule has 1 aliphatic carbocycles. The smallest absolute Gasteiger partial charge is 0.302 e. The lowest BCUT2D eigenvalue weighted by Crippen LogP contribution is -2.12. The number of ether oxygens (including phenoxy) is 1. The molecule has 0 radical (unpaired) electrons. The number of carbonyl (C=O) groups is 2. The zero-order valence-corrected chi connectivity index (χ0v) is 11.6. The maximum absolute atomic E-state index is 11.4. The van der Waals surface area contributed by atoms with Crippen molar-refractivity contribution in [3.8, 4) is 0 Å². The third-order valence-electron chi connectivity index (χ3n) is 3.35. The molecule has 0 aromatic heterocycles. The number of Topliss-reactive ketones (excluding diaryl/α,β-unsaturated/α-hetero) is 1. The highest BCUT2D eigenvalue weighted by atomic mass is 16.5. The van der Waals surface area contributed by atoms with Gasteiger partial charge in [-0.05, 0) is 18.8 Å². The van der Waals surface area contributed by atoms with E-state index in [-0.39, 0.29) is 5.97 Å². The van der Waals surface area contributed by atoms with Gasteiger partial charge in [-0.2, -0.15) is 0 Å². The average Bonchev–Trinajstić information content (AvgIpc) is 2.61. The summed E-state index contributed by atoms with van der Waals surface area (Å²) in [7, 11) is 1.35. The molecule has 1 fully saturated rings. The number of rotatable bonds is 4. The summed E-state index contributed by atoms with van der Waals surface area (Å²) in [5.74, 6) is 1.36. The Morgan fingerprint density at radius 2 is 2.00 bits per heavy atom. The fraction of sp³-hybridized carbons (Fsp3) is 0.857. The van der Waals surface area contributed by atoms with Crippen molar-refractivity contribution < 1.29 is 14.3 Å². The number of ketones is 1. The number of esters is 1. The summed E-state index contributed by atoms with van der Waals surface area (Å²) in [6.07, 6.45) is 6.92. The quantitative estimate of drug-likeness (QED) is 0.561. The summed E-state index contributed by atoms with van der Waals surface area (Å²) in [5, 5.41) is 0. The van der Waals surface area contributed by atoms with E-state index < -0.39 is 0 Å². The maximum atomic E-state index is 11.4. The summed E-state index contributed by atoms with van der Waals surface area (Å²) in [6, 6.07) is 0. The van der Waals surface area contributed by atoms with Crippen LogP contribution in [-0.2, 0) is 14.3 Å². The van der Waals surface area contributed by atoms with Crippen molar-refractivity contribution in [3.05, 3.63) is 0 Å². The Morgan fingerprint density at radius 1 is 1.41 bits per heavy atom. The highest BCUT2D eigenvalue weighted by Crippen LogP contribution is 2.31. The molecule has 0 saturated heterocycles. The van der Waals surface area contributed by atoms with Gasteiger partial charge in [-0.25, -0.2) is 0 Å². The minimum atomic E-state index is -0.245. The molecule has 0 aromatic rings. The normalized spacial score (nSPS) is 22.9. The molecule has 1 aliphatic rings. The largest absolute Gasteiger partial charge is 0.469 e. The third kappa shape index (κ3) is 7.14. The maximum Gasteiger partial charge on any atom is 0.302 e. The predicted molar refractivity (Wildman–Crippen MR) is 68.7 cm³/mol. The van der Waals surface area contributed by atoms with Crippen LogP contribution in [0.2, 0.25) is 0 Å². The molecule has 3 nitrogen and oxygen atoms in total. The van der Waals surface area contributed by atoms with Crippen LogP contribution < -0.4 is 0 Å². The molecule has 17 heavy (non-hydrogen) atoms. The van der Waals surface area contributed by atoms with E-state index in [1.807, 2.05) is 0 Å². The van der Waals surface area contributed by atoms with Crippen LogP contribution in [0.3, 0.4) is 0 Å². The van der Waals surface area contributed by atoms with Crippen LogP contribution in [0.25, 0.3) is 0 Å². The van der Waals surface area contributed by atoms with Gasteiger partial charge in [0.25, 0.3) is 0 Å². The van der Waals surface area contributed by atoms with Crippen molar-refractivity contribution in [2.24, 2.45) is 11.8 Å².